The molecule has 106 heavy (non-hydrogen) atoms. The second-order valence-corrected chi connectivity index (χ2v) is 33.6. The summed E-state index contributed by atoms with van der Waals surface area (Å²) in [6.07, 6.45) is 1.89. The van der Waals surface area contributed by atoms with E-state index >= 15 is 0 Å². The largest absolute Gasteiger partial charge is 0.505 e. The summed E-state index contributed by atoms with van der Waals surface area (Å²) in [5.74, 6) is -7.17. The van der Waals surface area contributed by atoms with Gasteiger partial charge in [-0.2, -0.15) is 97.2 Å². The molecular formula is C52H34Cl4N14O28S8. The van der Waals surface area contributed by atoms with Crippen molar-refractivity contribution < 1.29 is 124 Å². The van der Waals surface area contributed by atoms with Crippen molar-refractivity contribution in [2.45, 2.75) is 39.2 Å². The minimum Gasteiger partial charge on any atom is -0.505 e. The molecule has 0 radical (unpaired) electrons. The van der Waals surface area contributed by atoms with Crippen LogP contribution in [0.25, 0.3) is 33.7 Å². The standard InChI is InChI=1S/C52H34Cl4N14O28S8/c53-29-13-27(101(81,82)83)17-33(43(29)71)67-69-41-37(105(93,94)95)9-21-7-25(99(75,76)77)15-31(39(21)45(41)73)59-51-63-47(55)61-49(65-51)57-23-5-3-19(35(11-23)103(87,88)89)1-2-20-4-6-24(12-36(20)104(90,91)92)58-50-62-48(56)64-52(66-50)60-32-16-26(100(78,79)80)8-22-10-38(106(96,97)98)42(46(74)40(22)32)70-68-34-18-28(102(84,85)86)14-30(54)44(34)72/h1-18,71-74H,(H,75,76,77)(H,78,79,80)(H,81,82,83)(H,84,85,86)(H,87,88,89)(H,90,91,92)(H,93,94,95)(H,96,97,98)(H2,57,59,61,63,65)(H2,58,60,62,64,66)/b2-1+,69-67?,70-68?. The van der Waals surface area contributed by atoms with Crippen LogP contribution in [0.4, 0.5) is 69.3 Å². The Morgan fingerprint density at radius 1 is 0.321 bits per heavy atom. The van der Waals surface area contributed by atoms with Gasteiger partial charge >= 0.3 is 0 Å². The number of phenols is 4. The summed E-state index contributed by atoms with van der Waals surface area (Å²) in [4.78, 5) is 15.1. The second kappa shape index (κ2) is 28.4. The summed E-state index contributed by atoms with van der Waals surface area (Å²) in [5, 5.41) is 63.1. The number of benzene rings is 8. The normalized spacial score (nSPS) is 13.0. The van der Waals surface area contributed by atoms with Crippen LogP contribution in [-0.4, -0.2) is 154 Å². The van der Waals surface area contributed by atoms with E-state index in [4.69, 9.17) is 46.4 Å². The monoisotopic (exact) mass is 1700 g/mol. The number of hydrogen-bond donors (Lipinski definition) is 16. The summed E-state index contributed by atoms with van der Waals surface area (Å²) in [7, 11) is -42.2. The molecule has 2 heterocycles. The fraction of sp³-hybridized carbons (Fsp3) is 0. The molecule has 2 aromatic heterocycles. The molecule has 10 rings (SSSR count). The van der Waals surface area contributed by atoms with Gasteiger partial charge in [0.05, 0.1) is 41.0 Å². The lowest BCUT2D eigenvalue weighted by molar-refractivity contribution is 0.470. The van der Waals surface area contributed by atoms with Gasteiger partial charge in [-0.05, 0) is 130 Å². The Hall–Kier alpha value is -9.92. The number of azo groups is 2. The molecule has 54 heteroatoms. The summed E-state index contributed by atoms with van der Waals surface area (Å²) in [6.45, 7) is 0. The molecule has 0 aliphatic carbocycles. The van der Waals surface area contributed by atoms with Gasteiger partial charge in [0.15, 0.2) is 23.0 Å². The lowest BCUT2D eigenvalue weighted by Gasteiger charge is -2.15. The van der Waals surface area contributed by atoms with E-state index in [-0.39, 0.29) is 11.4 Å². The Kier molecular flexibility index (Phi) is 21.1. The van der Waals surface area contributed by atoms with Crippen LogP contribution < -0.4 is 21.3 Å². The van der Waals surface area contributed by atoms with Gasteiger partial charge in [-0.1, -0.05) is 47.5 Å². The van der Waals surface area contributed by atoms with Crippen molar-refractivity contribution in [1.82, 2.24) is 29.9 Å². The van der Waals surface area contributed by atoms with Crippen molar-refractivity contribution in [1.29, 1.82) is 0 Å². The third-order valence-electron chi connectivity index (χ3n) is 13.8. The van der Waals surface area contributed by atoms with Crippen molar-refractivity contribution in [3.8, 4) is 23.0 Å². The number of phenolic OH excluding ortho intramolecular Hbond substituents is 4. The average molecular weight is 1700 g/mol. The fourth-order valence-corrected chi connectivity index (χ4v) is 15.1. The summed E-state index contributed by atoms with van der Waals surface area (Å²) >= 11 is 24.2. The van der Waals surface area contributed by atoms with Gasteiger partial charge < -0.3 is 41.7 Å². The van der Waals surface area contributed by atoms with Gasteiger partial charge in [-0.15, -0.1) is 20.5 Å². The molecule has 556 valence electrons. The maximum Gasteiger partial charge on any atom is 0.296 e. The molecule has 0 aliphatic rings. The SMILES string of the molecule is O=S(=O)(O)c1cc(Cl)c(O)c(N=Nc2c(S(=O)(=O)O)cc3cc(S(=O)(=O)O)cc(Nc4nc(Cl)nc(Nc5ccc(/C=C/c6ccc(Nc7nc(Cl)nc(Nc8cc(S(=O)(=O)O)cc9cc(S(=O)(=O)O)c(N=Nc%10cc(S(=O)(=O)O)cc(Cl)c%10O)c(O)c89)n7)cc6S(=O)(=O)O)c(S(=O)(=O)O)c5)n4)c3c2O)c1. The number of halogens is 4. The number of hydrogen-bond acceptors (Lipinski definition) is 34. The number of nitrogens with one attached hydrogen (secondary N) is 4. The Morgan fingerprint density at radius 2 is 0.623 bits per heavy atom. The smallest absolute Gasteiger partial charge is 0.296 e. The molecule has 0 fully saturated rings. The van der Waals surface area contributed by atoms with E-state index in [1.165, 1.54) is 0 Å². The van der Waals surface area contributed by atoms with Crippen LogP contribution in [0, 0.1) is 0 Å². The summed E-state index contributed by atoms with van der Waals surface area (Å²) in [6, 6.07) is 11.6. The number of aromatic nitrogens is 6. The number of rotatable bonds is 22. The zero-order valence-corrected chi connectivity index (χ0v) is 60.1. The van der Waals surface area contributed by atoms with Crippen LogP contribution in [-0.2, 0) is 80.9 Å². The van der Waals surface area contributed by atoms with E-state index < -0.39 is 254 Å². The highest BCUT2D eigenvalue weighted by molar-refractivity contribution is 7.87. The molecule has 0 aliphatic heterocycles. The van der Waals surface area contributed by atoms with E-state index in [2.05, 4.69) is 71.6 Å². The first kappa shape index (κ1) is 78.7. The summed E-state index contributed by atoms with van der Waals surface area (Å²) < 4.78 is 281. The Morgan fingerprint density at radius 3 is 0.925 bits per heavy atom. The Labute approximate surface area is 612 Å². The predicted molar refractivity (Wildman–Crippen MR) is 369 cm³/mol. The fourth-order valence-electron chi connectivity index (χ4n) is 9.33. The van der Waals surface area contributed by atoms with Crippen molar-refractivity contribution in [3.05, 3.63) is 129 Å². The van der Waals surface area contributed by atoms with Crippen LogP contribution in [0.2, 0.25) is 20.6 Å². The zero-order valence-electron chi connectivity index (χ0n) is 50.5. The predicted octanol–water partition coefficient (Wildman–Crippen LogP) is 9.75. The molecule has 10 aromatic rings. The molecule has 0 unspecified atom stereocenters. The minimum atomic E-state index is -5.52. The Bertz CT molecular complexity index is 6200. The van der Waals surface area contributed by atoms with Gasteiger partial charge in [0.2, 0.25) is 34.4 Å². The number of nitrogens with zero attached hydrogens (tertiary/aromatic N) is 10. The minimum absolute atomic E-state index is 0.289. The molecule has 0 amide bonds. The molecule has 0 saturated carbocycles. The van der Waals surface area contributed by atoms with E-state index in [1.54, 1.807) is 0 Å². The third-order valence-corrected chi connectivity index (χ3v) is 21.6. The van der Waals surface area contributed by atoms with Gasteiger partial charge in [-0.25, -0.2) is 0 Å². The molecule has 42 nitrogen and oxygen atoms in total. The van der Waals surface area contributed by atoms with Crippen LogP contribution in [0.5, 0.6) is 23.0 Å². The van der Waals surface area contributed by atoms with Gasteiger partial charge in [0.25, 0.3) is 80.9 Å². The number of fused-ring (bicyclic) bond motifs is 2. The van der Waals surface area contributed by atoms with Gasteiger partial charge in [0, 0.05) is 22.1 Å². The first-order chi connectivity index (χ1) is 48.8. The molecule has 0 atom stereocenters. The summed E-state index contributed by atoms with van der Waals surface area (Å²) in [5.41, 5.74) is -6.78. The first-order valence-electron chi connectivity index (χ1n) is 27.0. The highest BCUT2D eigenvalue weighted by Crippen LogP contribution is 2.49. The number of aromatic hydroxyl groups is 4. The third kappa shape index (κ3) is 17.6. The maximum absolute atomic E-state index is 13.0. The molecule has 0 saturated heterocycles. The van der Waals surface area contributed by atoms with E-state index in [0.29, 0.717) is 60.7 Å². The highest BCUT2D eigenvalue weighted by atomic mass is 35.5. The van der Waals surface area contributed by atoms with Crippen LogP contribution in [0.3, 0.4) is 0 Å². The average Bonchev–Trinajstić information content (AvgIpc) is 0.749. The molecule has 0 spiro atoms. The van der Waals surface area contributed by atoms with Gasteiger partial charge in [-0.3, -0.25) is 36.4 Å². The van der Waals surface area contributed by atoms with Gasteiger partial charge in [0.1, 0.15) is 42.3 Å². The number of anilines is 8. The Balaban J connectivity index is 0.950. The first-order valence-corrected chi connectivity index (χ1v) is 40.1. The molecule has 8 aromatic carbocycles. The van der Waals surface area contributed by atoms with E-state index in [1.807, 2.05) is 0 Å². The van der Waals surface area contributed by atoms with Crippen molar-refractivity contribution in [2.24, 2.45) is 20.5 Å². The van der Waals surface area contributed by atoms with E-state index in [9.17, 15) is 124 Å². The van der Waals surface area contributed by atoms with Crippen LogP contribution >= 0.6 is 46.4 Å². The van der Waals surface area contributed by atoms with Crippen molar-refractivity contribution >= 4 is 230 Å². The lowest BCUT2D eigenvalue weighted by atomic mass is 10.1. The molecule has 16 N–H and O–H groups in total. The van der Waals surface area contributed by atoms with E-state index in [0.717, 1.165) is 48.6 Å². The zero-order chi connectivity index (χ0) is 78.3. The highest BCUT2D eigenvalue weighted by Gasteiger charge is 2.30. The van der Waals surface area contributed by atoms with Crippen LogP contribution in [0.15, 0.2) is 157 Å². The van der Waals surface area contributed by atoms with Crippen molar-refractivity contribution in [2.75, 3.05) is 21.3 Å². The quantitative estimate of drug-likeness (QED) is 0.0170. The second-order valence-electron chi connectivity index (χ2n) is 20.9. The van der Waals surface area contributed by atoms with Crippen LogP contribution in [0.1, 0.15) is 11.1 Å². The maximum atomic E-state index is 13.0. The van der Waals surface area contributed by atoms with Crippen molar-refractivity contribution in [3.63, 3.8) is 0 Å². The lowest BCUT2D eigenvalue weighted by Crippen LogP contribution is -2.07. The molecule has 0 bridgehead atoms. The molecular weight excluding hydrogens is 1670 g/mol. The topological polar surface area (TPSA) is 691 Å².